The fourth-order valence-corrected chi connectivity index (χ4v) is 2.03. The van der Waals surface area contributed by atoms with Gasteiger partial charge in [0.1, 0.15) is 5.54 Å². The van der Waals surface area contributed by atoms with E-state index in [1.807, 2.05) is 0 Å². The first kappa shape index (κ1) is 15.6. The molecule has 6 nitrogen and oxygen atoms in total. The van der Waals surface area contributed by atoms with Crippen LogP contribution in [0.4, 0.5) is 0 Å². The molecule has 108 valence electrons. The van der Waals surface area contributed by atoms with Crippen LogP contribution in [0.15, 0.2) is 0 Å². The molecule has 1 saturated heterocycles. The zero-order valence-corrected chi connectivity index (χ0v) is 11.6. The maximum Gasteiger partial charge on any atom is 0.325 e. The van der Waals surface area contributed by atoms with Crippen LogP contribution < -0.4 is 5.73 Å². The van der Waals surface area contributed by atoms with Crippen molar-refractivity contribution in [1.29, 1.82) is 0 Å². The number of unbranched alkanes of at least 4 members (excludes halogenated alkanes) is 1. The number of esters is 1. The summed E-state index contributed by atoms with van der Waals surface area (Å²) < 4.78 is 4.89. The van der Waals surface area contributed by atoms with E-state index < -0.39 is 11.5 Å². The predicted molar refractivity (Wildman–Crippen MR) is 69.0 cm³/mol. The Balaban J connectivity index is 2.28. The largest absolute Gasteiger partial charge is 0.465 e. The number of nitrogens with zero attached hydrogens (tertiary/aromatic N) is 1. The number of imide groups is 1. The number of ether oxygens (including phenoxy) is 1. The van der Waals surface area contributed by atoms with Crippen LogP contribution in [0.2, 0.25) is 0 Å². The van der Waals surface area contributed by atoms with E-state index in [9.17, 15) is 14.4 Å². The molecule has 1 atom stereocenters. The fraction of sp³-hybridized carbons (Fsp3) is 0.769. The molecule has 1 rings (SSSR count). The minimum absolute atomic E-state index is 0.106. The first-order valence-corrected chi connectivity index (χ1v) is 6.68. The van der Waals surface area contributed by atoms with Gasteiger partial charge in [0.25, 0.3) is 0 Å². The van der Waals surface area contributed by atoms with Gasteiger partial charge < -0.3 is 10.5 Å². The Morgan fingerprint density at radius 1 is 1.32 bits per heavy atom. The minimum atomic E-state index is -1.00. The molecule has 19 heavy (non-hydrogen) atoms. The highest BCUT2D eigenvalue weighted by atomic mass is 16.5. The standard InChI is InChI=1S/C13H22N2O4/c1-3-19-12(18)13(2,14)8-4-5-9-15-10(16)6-7-11(15)17/h3-9,14H2,1-2H3. The molecule has 0 bridgehead atoms. The van der Waals surface area contributed by atoms with Gasteiger partial charge in [-0.1, -0.05) is 0 Å². The van der Waals surface area contributed by atoms with E-state index in [1.54, 1.807) is 13.8 Å². The zero-order chi connectivity index (χ0) is 14.5. The molecule has 6 heteroatoms. The minimum Gasteiger partial charge on any atom is -0.465 e. The van der Waals surface area contributed by atoms with Gasteiger partial charge in [-0.05, 0) is 33.1 Å². The number of hydrogen-bond acceptors (Lipinski definition) is 5. The lowest BCUT2D eigenvalue weighted by Gasteiger charge is -2.22. The summed E-state index contributed by atoms with van der Waals surface area (Å²) in [6.45, 7) is 4.09. The van der Waals surface area contributed by atoms with Crippen LogP contribution in [-0.4, -0.2) is 41.4 Å². The second-order valence-electron chi connectivity index (χ2n) is 5.03. The average molecular weight is 270 g/mol. The number of carbonyl (C=O) groups is 3. The summed E-state index contributed by atoms with van der Waals surface area (Å²) >= 11 is 0. The summed E-state index contributed by atoms with van der Waals surface area (Å²) in [4.78, 5) is 35.6. The third-order valence-electron chi connectivity index (χ3n) is 3.22. The SMILES string of the molecule is CCOC(=O)C(C)(N)CCCCN1C(=O)CCC1=O. The molecule has 0 aromatic carbocycles. The van der Waals surface area contributed by atoms with Gasteiger partial charge >= 0.3 is 5.97 Å². The molecular weight excluding hydrogens is 248 g/mol. The molecule has 0 saturated carbocycles. The number of amides is 2. The number of rotatable bonds is 7. The lowest BCUT2D eigenvalue weighted by Crippen LogP contribution is -2.46. The van der Waals surface area contributed by atoms with Crippen LogP contribution in [0.1, 0.15) is 46.0 Å². The van der Waals surface area contributed by atoms with E-state index >= 15 is 0 Å². The molecule has 2 amide bonds. The van der Waals surface area contributed by atoms with Crippen molar-refractivity contribution in [1.82, 2.24) is 4.90 Å². The summed E-state index contributed by atoms with van der Waals surface area (Å²) in [7, 11) is 0. The summed E-state index contributed by atoms with van der Waals surface area (Å²) in [5.41, 5.74) is 4.87. The Hall–Kier alpha value is -1.43. The molecule has 0 aromatic rings. The molecule has 1 aliphatic rings. The highest BCUT2D eigenvalue weighted by molar-refractivity contribution is 6.01. The van der Waals surface area contributed by atoms with E-state index in [1.165, 1.54) is 4.90 Å². The van der Waals surface area contributed by atoms with Gasteiger partial charge in [-0.15, -0.1) is 0 Å². The highest BCUT2D eigenvalue weighted by Crippen LogP contribution is 2.16. The molecule has 0 spiro atoms. The molecule has 1 aliphatic heterocycles. The molecule has 0 radical (unpaired) electrons. The Morgan fingerprint density at radius 3 is 2.42 bits per heavy atom. The summed E-state index contributed by atoms with van der Waals surface area (Å²) in [6, 6.07) is 0. The van der Waals surface area contributed by atoms with Crippen molar-refractivity contribution in [2.45, 2.75) is 51.5 Å². The number of likely N-dealkylation sites (tertiary alicyclic amines) is 1. The van der Waals surface area contributed by atoms with Gasteiger partial charge in [-0.2, -0.15) is 0 Å². The van der Waals surface area contributed by atoms with Gasteiger partial charge in [0.05, 0.1) is 6.61 Å². The van der Waals surface area contributed by atoms with Gasteiger partial charge in [0.15, 0.2) is 0 Å². The summed E-state index contributed by atoms with van der Waals surface area (Å²) in [5, 5.41) is 0. The summed E-state index contributed by atoms with van der Waals surface area (Å²) in [5.74, 6) is -0.625. The van der Waals surface area contributed by atoms with Crippen molar-refractivity contribution in [3.05, 3.63) is 0 Å². The second-order valence-corrected chi connectivity index (χ2v) is 5.03. The summed E-state index contributed by atoms with van der Waals surface area (Å²) in [6.07, 6.45) is 2.43. The molecule has 0 aliphatic carbocycles. The third-order valence-corrected chi connectivity index (χ3v) is 3.22. The number of hydrogen-bond donors (Lipinski definition) is 1. The lowest BCUT2D eigenvalue weighted by atomic mass is 9.96. The van der Waals surface area contributed by atoms with Gasteiger partial charge in [-0.3, -0.25) is 19.3 Å². The van der Waals surface area contributed by atoms with Crippen molar-refractivity contribution in [2.24, 2.45) is 5.73 Å². The average Bonchev–Trinajstić information content (AvgIpc) is 2.65. The van der Waals surface area contributed by atoms with Gasteiger partial charge in [0, 0.05) is 19.4 Å². The fourth-order valence-electron chi connectivity index (χ4n) is 2.03. The molecule has 1 unspecified atom stereocenters. The van der Waals surface area contributed by atoms with Crippen molar-refractivity contribution < 1.29 is 19.1 Å². The Labute approximate surface area is 113 Å². The Bertz CT molecular complexity index is 350. The van der Waals surface area contributed by atoms with E-state index in [0.29, 0.717) is 45.3 Å². The Morgan fingerprint density at radius 2 is 1.89 bits per heavy atom. The quantitative estimate of drug-likeness (QED) is 0.415. The van der Waals surface area contributed by atoms with E-state index in [-0.39, 0.29) is 11.8 Å². The topological polar surface area (TPSA) is 89.7 Å². The third kappa shape index (κ3) is 4.31. The van der Waals surface area contributed by atoms with Crippen LogP contribution in [-0.2, 0) is 19.1 Å². The highest BCUT2D eigenvalue weighted by Gasteiger charge is 2.30. The van der Waals surface area contributed by atoms with Crippen LogP contribution >= 0.6 is 0 Å². The van der Waals surface area contributed by atoms with Crippen molar-refractivity contribution in [3.8, 4) is 0 Å². The van der Waals surface area contributed by atoms with Gasteiger partial charge in [-0.25, -0.2) is 0 Å². The van der Waals surface area contributed by atoms with Gasteiger partial charge in [0.2, 0.25) is 11.8 Å². The van der Waals surface area contributed by atoms with Crippen molar-refractivity contribution in [3.63, 3.8) is 0 Å². The number of carbonyl (C=O) groups excluding carboxylic acids is 3. The monoisotopic (exact) mass is 270 g/mol. The first-order valence-electron chi connectivity index (χ1n) is 6.68. The maximum absolute atomic E-state index is 11.6. The van der Waals surface area contributed by atoms with Crippen molar-refractivity contribution in [2.75, 3.05) is 13.2 Å². The zero-order valence-electron chi connectivity index (χ0n) is 11.6. The molecule has 2 N–H and O–H groups in total. The van der Waals surface area contributed by atoms with Crippen LogP contribution in [0, 0.1) is 0 Å². The van der Waals surface area contributed by atoms with Crippen LogP contribution in [0.5, 0.6) is 0 Å². The molecular formula is C13H22N2O4. The lowest BCUT2D eigenvalue weighted by molar-refractivity contribution is -0.149. The maximum atomic E-state index is 11.6. The van der Waals surface area contributed by atoms with E-state index in [0.717, 1.165) is 0 Å². The molecule has 1 fully saturated rings. The Kier molecular flexibility index (Phi) is 5.47. The number of nitrogens with two attached hydrogens (primary N) is 1. The predicted octanol–water partition coefficient (Wildman–Crippen LogP) is 0.586. The second kappa shape index (κ2) is 6.65. The van der Waals surface area contributed by atoms with E-state index in [2.05, 4.69) is 0 Å². The van der Waals surface area contributed by atoms with Crippen LogP contribution in [0.25, 0.3) is 0 Å². The first-order chi connectivity index (χ1) is 8.88. The van der Waals surface area contributed by atoms with Crippen LogP contribution in [0.3, 0.4) is 0 Å². The van der Waals surface area contributed by atoms with Crippen molar-refractivity contribution >= 4 is 17.8 Å². The normalized spacial score (nSPS) is 18.6. The van der Waals surface area contributed by atoms with E-state index in [4.69, 9.17) is 10.5 Å². The molecule has 0 aromatic heterocycles. The smallest absolute Gasteiger partial charge is 0.325 e. The molecule has 1 heterocycles.